The van der Waals surface area contributed by atoms with Gasteiger partial charge in [-0.2, -0.15) is 13.5 Å². The van der Waals surface area contributed by atoms with Crippen molar-refractivity contribution in [2.45, 2.75) is 62.6 Å². The molecule has 38 heavy (non-hydrogen) atoms. The van der Waals surface area contributed by atoms with Gasteiger partial charge in [0.25, 0.3) is 10.0 Å². The van der Waals surface area contributed by atoms with Crippen LogP contribution in [0.25, 0.3) is 11.1 Å². The number of rotatable bonds is 9. The maximum absolute atomic E-state index is 14.6. The number of carbonyl (C=O) groups excluding carboxylic acids is 1. The van der Waals surface area contributed by atoms with Gasteiger partial charge in [-0.25, -0.2) is 9.11 Å². The van der Waals surface area contributed by atoms with Gasteiger partial charge in [-0.05, 0) is 72.2 Å². The number of aromatic nitrogens is 3. The summed E-state index contributed by atoms with van der Waals surface area (Å²) in [6.45, 7) is 6.22. The quantitative estimate of drug-likeness (QED) is 0.438. The molecule has 3 aromatic rings. The van der Waals surface area contributed by atoms with Crippen LogP contribution in [0.5, 0.6) is 0 Å². The van der Waals surface area contributed by atoms with Gasteiger partial charge in [-0.1, -0.05) is 13.8 Å². The molecule has 2 fully saturated rings. The predicted molar refractivity (Wildman–Crippen MR) is 137 cm³/mol. The molecular formula is C27H31FN4O5S. The normalized spacial score (nSPS) is 16.9. The zero-order chi connectivity index (χ0) is 27.2. The Kier molecular flexibility index (Phi) is 6.87. The van der Waals surface area contributed by atoms with Crippen LogP contribution < -0.4 is 4.72 Å². The van der Waals surface area contributed by atoms with Crippen LogP contribution in [0.4, 0.5) is 4.39 Å². The van der Waals surface area contributed by atoms with E-state index in [1.807, 2.05) is 20.8 Å². The number of ether oxygens (including phenoxy) is 2. The maximum atomic E-state index is 14.6. The Labute approximate surface area is 221 Å². The van der Waals surface area contributed by atoms with Gasteiger partial charge in [0.15, 0.2) is 10.6 Å². The fraction of sp³-hybridized carbons (Fsp3) is 0.444. The summed E-state index contributed by atoms with van der Waals surface area (Å²) in [5.41, 5.74) is 3.03. The lowest BCUT2D eigenvalue weighted by atomic mass is 9.88. The zero-order valence-electron chi connectivity index (χ0n) is 21.8. The van der Waals surface area contributed by atoms with Gasteiger partial charge in [-0.3, -0.25) is 14.5 Å². The van der Waals surface area contributed by atoms with E-state index in [1.165, 1.54) is 18.2 Å². The van der Waals surface area contributed by atoms with Crippen molar-refractivity contribution < 1.29 is 27.1 Å². The van der Waals surface area contributed by atoms with E-state index < -0.39 is 27.3 Å². The van der Waals surface area contributed by atoms with E-state index in [-0.39, 0.29) is 23.4 Å². The number of carbonyl (C=O) groups is 1. The standard InChI is InChI=1S/C27H31FN4O5S/c1-16(2)21-10-19(28)11-22(18-7-8-29-17(3)9-18)23(21)12-25(33)31-38(34,35)26-13-24(27(36-4)14-37-15-27)32(30-26)20-5-6-20/h7-11,13,16,20H,5-6,12,14-15H2,1-4H3,(H,31,33). The number of nitrogens with one attached hydrogen (secondary N) is 1. The minimum Gasteiger partial charge on any atom is -0.374 e. The van der Waals surface area contributed by atoms with Gasteiger partial charge < -0.3 is 9.47 Å². The van der Waals surface area contributed by atoms with E-state index in [9.17, 15) is 17.6 Å². The van der Waals surface area contributed by atoms with Crippen LogP contribution in [0.3, 0.4) is 0 Å². The Morgan fingerprint density at radius 2 is 2.00 bits per heavy atom. The number of hydrogen-bond acceptors (Lipinski definition) is 7. The summed E-state index contributed by atoms with van der Waals surface area (Å²) in [6, 6.07) is 7.87. The van der Waals surface area contributed by atoms with E-state index >= 15 is 0 Å². The predicted octanol–water partition coefficient (Wildman–Crippen LogP) is 3.77. The molecule has 0 radical (unpaired) electrons. The highest BCUT2D eigenvalue weighted by Crippen LogP contribution is 2.42. The molecule has 9 nitrogen and oxygen atoms in total. The molecule has 11 heteroatoms. The Morgan fingerprint density at radius 3 is 2.58 bits per heavy atom. The first-order valence-corrected chi connectivity index (χ1v) is 14.1. The molecule has 1 saturated heterocycles. The highest BCUT2D eigenvalue weighted by molar-refractivity contribution is 7.90. The number of sulfonamides is 1. The minimum atomic E-state index is -4.28. The molecule has 1 N–H and O–H groups in total. The molecule has 1 aliphatic carbocycles. The van der Waals surface area contributed by atoms with Gasteiger partial charge in [-0.15, -0.1) is 0 Å². The lowest BCUT2D eigenvalue weighted by Crippen LogP contribution is -2.49. The molecule has 0 atom stereocenters. The van der Waals surface area contributed by atoms with E-state index in [0.717, 1.165) is 18.5 Å². The largest absolute Gasteiger partial charge is 0.374 e. The van der Waals surface area contributed by atoms with Crippen LogP contribution >= 0.6 is 0 Å². The molecule has 0 bridgehead atoms. The summed E-state index contributed by atoms with van der Waals surface area (Å²) in [4.78, 5) is 17.4. The third kappa shape index (κ3) is 4.97. The third-order valence-electron chi connectivity index (χ3n) is 7.07. The lowest BCUT2D eigenvalue weighted by Gasteiger charge is -2.40. The van der Waals surface area contributed by atoms with Crippen molar-refractivity contribution in [1.29, 1.82) is 0 Å². The zero-order valence-corrected chi connectivity index (χ0v) is 22.6. The molecule has 0 unspecified atom stereocenters. The fourth-order valence-corrected chi connectivity index (χ4v) is 5.78. The van der Waals surface area contributed by atoms with Crippen LogP contribution in [0, 0.1) is 12.7 Å². The van der Waals surface area contributed by atoms with Gasteiger partial charge >= 0.3 is 0 Å². The van der Waals surface area contributed by atoms with Crippen molar-refractivity contribution in [3.05, 3.63) is 64.9 Å². The SMILES string of the molecule is COC1(c2cc(S(=O)(=O)NC(=O)Cc3c(-c4ccnc(C)c4)cc(F)cc3C(C)C)nn2C2CC2)COC1. The van der Waals surface area contributed by atoms with Crippen molar-refractivity contribution in [1.82, 2.24) is 19.5 Å². The second-order valence-electron chi connectivity index (χ2n) is 10.3. The molecule has 2 aromatic heterocycles. The Bertz CT molecular complexity index is 1490. The summed E-state index contributed by atoms with van der Waals surface area (Å²) in [5.74, 6) is -1.26. The molecule has 2 aliphatic rings. The molecular weight excluding hydrogens is 511 g/mol. The molecule has 1 aliphatic heterocycles. The molecule has 3 heterocycles. The summed E-state index contributed by atoms with van der Waals surface area (Å²) >= 11 is 0. The summed E-state index contributed by atoms with van der Waals surface area (Å²) < 4.78 is 56.1. The number of amides is 1. The van der Waals surface area contributed by atoms with E-state index in [0.29, 0.717) is 41.2 Å². The van der Waals surface area contributed by atoms with Crippen molar-refractivity contribution in [3.63, 3.8) is 0 Å². The fourth-order valence-electron chi connectivity index (χ4n) is 4.84. The van der Waals surface area contributed by atoms with Crippen molar-refractivity contribution in [2.75, 3.05) is 20.3 Å². The molecule has 1 aromatic carbocycles. The highest BCUT2D eigenvalue weighted by atomic mass is 32.2. The molecule has 0 spiro atoms. The minimum absolute atomic E-state index is 0.0940. The molecule has 1 saturated carbocycles. The third-order valence-corrected chi connectivity index (χ3v) is 8.32. The molecule has 1 amide bonds. The number of pyridine rings is 1. The Morgan fingerprint density at radius 1 is 1.26 bits per heavy atom. The van der Waals surface area contributed by atoms with Crippen molar-refractivity contribution in [3.8, 4) is 11.1 Å². The first kappa shape index (κ1) is 26.5. The number of halogens is 1. The van der Waals surface area contributed by atoms with E-state index in [4.69, 9.17) is 9.47 Å². The average Bonchev–Trinajstić information content (AvgIpc) is 3.57. The van der Waals surface area contributed by atoms with Crippen LogP contribution in [0.15, 0.2) is 41.6 Å². The van der Waals surface area contributed by atoms with Gasteiger partial charge in [0.2, 0.25) is 5.91 Å². The maximum Gasteiger partial charge on any atom is 0.283 e. The van der Waals surface area contributed by atoms with Crippen LogP contribution in [0.2, 0.25) is 0 Å². The van der Waals surface area contributed by atoms with E-state index in [2.05, 4.69) is 14.8 Å². The monoisotopic (exact) mass is 542 g/mol. The highest BCUT2D eigenvalue weighted by Gasteiger charge is 2.46. The number of methoxy groups -OCH3 is 1. The topological polar surface area (TPSA) is 112 Å². The van der Waals surface area contributed by atoms with Crippen LogP contribution in [-0.4, -0.2) is 49.4 Å². The van der Waals surface area contributed by atoms with Crippen molar-refractivity contribution >= 4 is 15.9 Å². The smallest absolute Gasteiger partial charge is 0.283 e. The summed E-state index contributed by atoms with van der Waals surface area (Å²) in [7, 11) is -2.72. The number of nitrogens with zero attached hydrogens (tertiary/aromatic N) is 3. The van der Waals surface area contributed by atoms with Crippen LogP contribution in [-0.2, 0) is 36.3 Å². The van der Waals surface area contributed by atoms with E-state index in [1.54, 1.807) is 30.1 Å². The van der Waals surface area contributed by atoms with Crippen LogP contribution in [0.1, 0.15) is 61.2 Å². The second-order valence-corrected chi connectivity index (χ2v) is 11.9. The molecule has 202 valence electrons. The second kappa shape index (κ2) is 9.87. The first-order valence-electron chi connectivity index (χ1n) is 12.6. The Hall–Kier alpha value is -3.15. The number of benzene rings is 1. The molecule has 5 rings (SSSR count). The lowest BCUT2D eigenvalue weighted by molar-refractivity contribution is -0.206. The van der Waals surface area contributed by atoms with Gasteiger partial charge in [0.1, 0.15) is 5.82 Å². The number of aryl methyl sites for hydroxylation is 1. The summed E-state index contributed by atoms with van der Waals surface area (Å²) in [5, 5.41) is 4.11. The Balaban J connectivity index is 1.46. The summed E-state index contributed by atoms with van der Waals surface area (Å²) in [6.07, 6.45) is 3.14. The first-order chi connectivity index (χ1) is 18.0. The number of hydrogen-bond donors (Lipinski definition) is 1. The van der Waals surface area contributed by atoms with Crippen molar-refractivity contribution in [2.24, 2.45) is 0 Å². The van der Waals surface area contributed by atoms with Gasteiger partial charge in [0.05, 0.1) is 31.4 Å². The average molecular weight is 543 g/mol. The van der Waals surface area contributed by atoms with Gasteiger partial charge in [0, 0.05) is 25.1 Å².